The van der Waals surface area contributed by atoms with Crippen molar-refractivity contribution in [2.75, 3.05) is 0 Å². The van der Waals surface area contributed by atoms with Gasteiger partial charge in [-0.25, -0.2) is 15.0 Å². The number of para-hydroxylation sites is 1. The third kappa shape index (κ3) is 5.74. The van der Waals surface area contributed by atoms with E-state index >= 15 is 0 Å². The van der Waals surface area contributed by atoms with Gasteiger partial charge in [-0.3, -0.25) is 0 Å². The average molecular weight is 728 g/mol. The van der Waals surface area contributed by atoms with Crippen molar-refractivity contribution in [1.82, 2.24) is 15.0 Å². The van der Waals surface area contributed by atoms with E-state index in [0.29, 0.717) is 17.5 Å². The van der Waals surface area contributed by atoms with Crippen LogP contribution in [0.25, 0.3) is 111 Å². The zero-order valence-electron chi connectivity index (χ0n) is 30.8. The zero-order valence-corrected chi connectivity index (χ0v) is 30.8. The largest absolute Gasteiger partial charge is 0.455 e. The first kappa shape index (κ1) is 32.7. The molecule has 266 valence electrons. The molecule has 2 aromatic heterocycles. The fourth-order valence-corrected chi connectivity index (χ4v) is 8.17. The number of rotatable bonds is 6. The Balaban J connectivity index is 1.11. The van der Waals surface area contributed by atoms with Crippen LogP contribution in [0.4, 0.5) is 0 Å². The van der Waals surface area contributed by atoms with Crippen LogP contribution in [-0.2, 0) is 0 Å². The Morgan fingerprint density at radius 1 is 0.298 bits per heavy atom. The van der Waals surface area contributed by atoms with Gasteiger partial charge < -0.3 is 4.42 Å². The second-order valence-corrected chi connectivity index (χ2v) is 14.3. The topological polar surface area (TPSA) is 51.8 Å². The quantitative estimate of drug-likeness (QED) is 0.171. The molecule has 0 fully saturated rings. The highest BCUT2D eigenvalue weighted by molar-refractivity contribution is 6.15. The lowest BCUT2D eigenvalue weighted by Crippen LogP contribution is -2.01. The third-order valence-corrected chi connectivity index (χ3v) is 11.0. The van der Waals surface area contributed by atoms with E-state index in [1.807, 2.05) is 18.2 Å². The molecule has 4 heteroatoms. The van der Waals surface area contributed by atoms with Gasteiger partial charge in [-0.15, -0.1) is 0 Å². The molecule has 0 aliphatic rings. The average Bonchev–Trinajstić information content (AvgIpc) is 3.68. The predicted octanol–water partition coefficient (Wildman–Crippen LogP) is 14.1. The monoisotopic (exact) mass is 727 g/mol. The maximum absolute atomic E-state index is 6.73. The number of hydrogen-bond donors (Lipinski definition) is 0. The minimum atomic E-state index is 0.588. The molecule has 4 nitrogen and oxygen atoms in total. The van der Waals surface area contributed by atoms with Crippen molar-refractivity contribution in [3.8, 4) is 67.5 Å². The highest BCUT2D eigenvalue weighted by Gasteiger charge is 2.21. The van der Waals surface area contributed by atoms with E-state index in [1.54, 1.807) is 0 Å². The molecule has 0 amide bonds. The molecule has 0 radical (unpaired) electrons. The number of furan rings is 1. The molecular formula is C53H33N3O. The zero-order chi connectivity index (χ0) is 37.7. The summed E-state index contributed by atoms with van der Waals surface area (Å²) >= 11 is 0. The Bertz CT molecular complexity index is 3280. The lowest BCUT2D eigenvalue weighted by atomic mass is 9.94. The number of benzene rings is 9. The fourth-order valence-electron chi connectivity index (χ4n) is 8.17. The van der Waals surface area contributed by atoms with Gasteiger partial charge in [0.15, 0.2) is 17.5 Å². The van der Waals surface area contributed by atoms with Gasteiger partial charge in [0.1, 0.15) is 11.2 Å². The van der Waals surface area contributed by atoms with E-state index < -0.39 is 0 Å². The Morgan fingerprint density at radius 2 is 0.825 bits per heavy atom. The summed E-state index contributed by atoms with van der Waals surface area (Å²) in [5.41, 5.74) is 11.2. The first-order valence-corrected chi connectivity index (χ1v) is 19.2. The van der Waals surface area contributed by atoms with Crippen molar-refractivity contribution in [2.24, 2.45) is 0 Å². The molecule has 0 saturated carbocycles. The van der Waals surface area contributed by atoms with E-state index in [4.69, 9.17) is 19.4 Å². The molecule has 0 aliphatic heterocycles. The molecule has 0 spiro atoms. The fraction of sp³-hybridized carbons (Fsp3) is 0. The normalized spacial score (nSPS) is 11.5. The van der Waals surface area contributed by atoms with Gasteiger partial charge in [-0.1, -0.05) is 182 Å². The Kier molecular flexibility index (Phi) is 7.78. The minimum Gasteiger partial charge on any atom is -0.455 e. The van der Waals surface area contributed by atoms with Gasteiger partial charge >= 0.3 is 0 Å². The molecule has 0 aliphatic carbocycles. The summed E-state index contributed by atoms with van der Waals surface area (Å²) in [7, 11) is 0. The maximum Gasteiger partial charge on any atom is 0.164 e. The second kappa shape index (κ2) is 13.6. The smallest absolute Gasteiger partial charge is 0.164 e. The van der Waals surface area contributed by atoms with Crippen molar-refractivity contribution >= 4 is 43.5 Å². The van der Waals surface area contributed by atoms with Crippen molar-refractivity contribution in [3.63, 3.8) is 0 Å². The van der Waals surface area contributed by atoms with Crippen LogP contribution in [0.5, 0.6) is 0 Å². The summed E-state index contributed by atoms with van der Waals surface area (Å²) in [6.45, 7) is 0. The summed E-state index contributed by atoms with van der Waals surface area (Å²) in [6, 6.07) is 69.8. The van der Waals surface area contributed by atoms with Crippen LogP contribution in [0.2, 0.25) is 0 Å². The molecular weight excluding hydrogens is 695 g/mol. The Labute approximate surface area is 329 Å². The van der Waals surface area contributed by atoms with Gasteiger partial charge in [-0.05, 0) is 67.6 Å². The van der Waals surface area contributed by atoms with Gasteiger partial charge in [0.05, 0.1) is 0 Å². The maximum atomic E-state index is 6.73. The third-order valence-electron chi connectivity index (χ3n) is 11.0. The molecule has 11 rings (SSSR count). The molecule has 2 heterocycles. The molecule has 0 atom stereocenters. The molecule has 9 aromatic carbocycles. The number of fused-ring (bicyclic) bond motifs is 5. The van der Waals surface area contributed by atoms with Crippen molar-refractivity contribution in [1.29, 1.82) is 0 Å². The van der Waals surface area contributed by atoms with Crippen LogP contribution in [-0.4, -0.2) is 15.0 Å². The van der Waals surface area contributed by atoms with Crippen LogP contribution in [0.15, 0.2) is 205 Å². The predicted molar refractivity (Wildman–Crippen MR) is 235 cm³/mol. The summed E-state index contributed by atoms with van der Waals surface area (Å²) in [5, 5.41) is 6.50. The highest BCUT2D eigenvalue weighted by atomic mass is 16.3. The van der Waals surface area contributed by atoms with E-state index in [-0.39, 0.29) is 0 Å². The summed E-state index contributed by atoms with van der Waals surface area (Å²) in [4.78, 5) is 15.8. The molecule has 0 unspecified atom stereocenters. The minimum absolute atomic E-state index is 0.588. The molecule has 0 saturated heterocycles. The second-order valence-electron chi connectivity index (χ2n) is 14.3. The van der Waals surface area contributed by atoms with E-state index in [9.17, 15) is 0 Å². The van der Waals surface area contributed by atoms with Gasteiger partial charge in [0, 0.05) is 33.0 Å². The first-order valence-electron chi connectivity index (χ1n) is 19.2. The van der Waals surface area contributed by atoms with Crippen molar-refractivity contribution in [2.45, 2.75) is 0 Å². The van der Waals surface area contributed by atoms with Gasteiger partial charge in [0.25, 0.3) is 0 Å². The number of hydrogen-bond acceptors (Lipinski definition) is 4. The number of nitrogens with zero attached hydrogens (tertiary/aromatic N) is 3. The van der Waals surface area contributed by atoms with Gasteiger partial charge in [0.2, 0.25) is 0 Å². The standard InChI is InChI=1S/C53H33N3O/c1-3-13-34(14-4-1)36-25-28-38(29-26-36)42-21-11-22-46-49-47(23-12-24-48(49)57-50(42)46)53-55-51(40-30-27-35-15-7-8-18-39(35)33-40)54-52(56-53)45-32-31-41(37-16-5-2-6-17-37)43-19-9-10-20-44(43)45/h1-33H. The Hall–Kier alpha value is -7.69. The van der Waals surface area contributed by atoms with Crippen LogP contribution >= 0.6 is 0 Å². The molecule has 0 N–H and O–H groups in total. The van der Waals surface area contributed by atoms with Crippen LogP contribution in [0.3, 0.4) is 0 Å². The van der Waals surface area contributed by atoms with Crippen molar-refractivity contribution in [3.05, 3.63) is 200 Å². The summed E-state index contributed by atoms with van der Waals surface area (Å²) in [6.07, 6.45) is 0. The van der Waals surface area contributed by atoms with Gasteiger partial charge in [-0.2, -0.15) is 0 Å². The highest BCUT2D eigenvalue weighted by Crippen LogP contribution is 2.42. The molecule has 57 heavy (non-hydrogen) atoms. The van der Waals surface area contributed by atoms with E-state index in [1.165, 1.54) is 27.6 Å². The lowest BCUT2D eigenvalue weighted by Gasteiger charge is -2.13. The van der Waals surface area contributed by atoms with Crippen molar-refractivity contribution < 1.29 is 4.42 Å². The van der Waals surface area contributed by atoms with Crippen LogP contribution in [0, 0.1) is 0 Å². The summed E-state index contributed by atoms with van der Waals surface area (Å²) in [5.74, 6) is 1.81. The lowest BCUT2D eigenvalue weighted by molar-refractivity contribution is 0.670. The van der Waals surface area contributed by atoms with Crippen LogP contribution < -0.4 is 0 Å². The SMILES string of the molecule is c1ccc(-c2ccc(-c3cccc4c3oc3cccc(-c5nc(-c6ccc7ccccc7c6)nc(-c6ccc(-c7ccccc7)c7ccccc67)n5)c34)cc2)cc1. The Morgan fingerprint density at radius 3 is 1.61 bits per heavy atom. The molecule has 0 bridgehead atoms. The van der Waals surface area contributed by atoms with E-state index in [0.717, 1.165) is 65.9 Å². The summed E-state index contributed by atoms with van der Waals surface area (Å²) < 4.78 is 6.73. The number of aromatic nitrogens is 3. The first-order chi connectivity index (χ1) is 28.2. The van der Waals surface area contributed by atoms with E-state index in [2.05, 4.69) is 182 Å². The van der Waals surface area contributed by atoms with Crippen LogP contribution in [0.1, 0.15) is 0 Å². The molecule has 11 aromatic rings.